The van der Waals surface area contributed by atoms with Gasteiger partial charge in [0.2, 0.25) is 0 Å². The lowest BCUT2D eigenvalue weighted by Crippen LogP contribution is -2.35. The summed E-state index contributed by atoms with van der Waals surface area (Å²) in [5.74, 6) is 0.542. The SMILES string of the molecule is Cc1occc1C(=O)N1CCCCO1. The molecule has 2 heterocycles. The van der Waals surface area contributed by atoms with E-state index in [9.17, 15) is 4.79 Å². The molecule has 1 aliphatic heterocycles. The zero-order valence-electron chi connectivity index (χ0n) is 8.16. The molecule has 2 rings (SSSR count). The van der Waals surface area contributed by atoms with Crippen molar-refractivity contribution in [3.63, 3.8) is 0 Å². The van der Waals surface area contributed by atoms with Gasteiger partial charge in [0.25, 0.3) is 5.91 Å². The Labute approximate surface area is 82.4 Å². The molecule has 1 aromatic rings. The van der Waals surface area contributed by atoms with Gasteiger partial charge in [0.15, 0.2) is 0 Å². The summed E-state index contributed by atoms with van der Waals surface area (Å²) < 4.78 is 5.07. The third-order valence-corrected chi connectivity index (χ3v) is 2.32. The highest BCUT2D eigenvalue weighted by molar-refractivity contribution is 5.94. The van der Waals surface area contributed by atoms with Gasteiger partial charge in [0, 0.05) is 6.54 Å². The van der Waals surface area contributed by atoms with Gasteiger partial charge in [-0.1, -0.05) is 0 Å². The van der Waals surface area contributed by atoms with Crippen molar-refractivity contribution in [1.82, 2.24) is 5.06 Å². The maximum Gasteiger partial charge on any atom is 0.280 e. The average Bonchev–Trinajstić information content (AvgIpc) is 2.65. The van der Waals surface area contributed by atoms with Crippen molar-refractivity contribution in [2.24, 2.45) is 0 Å². The molecule has 1 aromatic heterocycles. The predicted molar refractivity (Wildman–Crippen MR) is 49.7 cm³/mol. The van der Waals surface area contributed by atoms with Crippen LogP contribution in [0, 0.1) is 6.92 Å². The van der Waals surface area contributed by atoms with E-state index >= 15 is 0 Å². The predicted octanol–water partition coefficient (Wildman–Crippen LogP) is 1.76. The van der Waals surface area contributed by atoms with E-state index in [1.807, 2.05) is 0 Å². The Morgan fingerprint density at radius 2 is 2.36 bits per heavy atom. The molecule has 0 atom stereocenters. The van der Waals surface area contributed by atoms with E-state index < -0.39 is 0 Å². The fraction of sp³-hybridized carbons (Fsp3) is 0.500. The number of furan rings is 1. The van der Waals surface area contributed by atoms with Gasteiger partial charge in [-0.2, -0.15) is 0 Å². The molecule has 1 amide bonds. The number of carbonyl (C=O) groups excluding carboxylic acids is 1. The molecule has 0 bridgehead atoms. The first-order valence-corrected chi connectivity index (χ1v) is 4.78. The smallest absolute Gasteiger partial charge is 0.280 e. The molecule has 0 N–H and O–H groups in total. The molecular weight excluding hydrogens is 182 g/mol. The molecule has 0 saturated carbocycles. The fourth-order valence-electron chi connectivity index (χ4n) is 1.50. The van der Waals surface area contributed by atoms with Crippen LogP contribution < -0.4 is 0 Å². The molecule has 0 aromatic carbocycles. The highest BCUT2D eigenvalue weighted by Gasteiger charge is 2.21. The number of nitrogens with zero attached hydrogens (tertiary/aromatic N) is 1. The summed E-state index contributed by atoms with van der Waals surface area (Å²) in [4.78, 5) is 17.1. The second-order valence-electron chi connectivity index (χ2n) is 3.34. The maximum atomic E-state index is 11.8. The number of carbonyl (C=O) groups is 1. The summed E-state index contributed by atoms with van der Waals surface area (Å²) in [7, 11) is 0. The summed E-state index contributed by atoms with van der Waals surface area (Å²) in [6, 6.07) is 1.68. The van der Waals surface area contributed by atoms with Gasteiger partial charge in [0.1, 0.15) is 5.76 Å². The van der Waals surface area contributed by atoms with Gasteiger partial charge in [-0.25, -0.2) is 5.06 Å². The first-order chi connectivity index (χ1) is 6.79. The van der Waals surface area contributed by atoms with Crippen LogP contribution in [0.2, 0.25) is 0 Å². The van der Waals surface area contributed by atoms with Crippen LogP contribution in [0.4, 0.5) is 0 Å². The molecule has 0 spiro atoms. The number of amides is 1. The highest BCUT2D eigenvalue weighted by atomic mass is 16.7. The molecule has 0 unspecified atom stereocenters. The molecule has 4 heteroatoms. The Balaban J connectivity index is 2.11. The van der Waals surface area contributed by atoms with Crippen molar-refractivity contribution in [3.8, 4) is 0 Å². The minimum Gasteiger partial charge on any atom is -0.469 e. The first kappa shape index (κ1) is 9.27. The zero-order valence-corrected chi connectivity index (χ0v) is 8.16. The van der Waals surface area contributed by atoms with E-state index in [1.54, 1.807) is 13.0 Å². The molecule has 0 radical (unpaired) electrons. The van der Waals surface area contributed by atoms with Crippen LogP contribution in [0.5, 0.6) is 0 Å². The second-order valence-corrected chi connectivity index (χ2v) is 3.34. The van der Waals surface area contributed by atoms with Gasteiger partial charge in [-0.3, -0.25) is 9.63 Å². The van der Waals surface area contributed by atoms with E-state index in [-0.39, 0.29) is 5.91 Å². The van der Waals surface area contributed by atoms with E-state index in [2.05, 4.69) is 0 Å². The van der Waals surface area contributed by atoms with E-state index in [4.69, 9.17) is 9.25 Å². The maximum absolute atomic E-state index is 11.8. The summed E-state index contributed by atoms with van der Waals surface area (Å²) in [6.07, 6.45) is 3.54. The van der Waals surface area contributed by atoms with Crippen molar-refractivity contribution in [2.45, 2.75) is 19.8 Å². The molecular formula is C10H13NO3. The molecule has 1 saturated heterocycles. The number of aryl methyl sites for hydroxylation is 1. The van der Waals surface area contributed by atoms with Gasteiger partial charge >= 0.3 is 0 Å². The van der Waals surface area contributed by atoms with Crippen LogP contribution in [-0.2, 0) is 4.84 Å². The summed E-state index contributed by atoms with van der Waals surface area (Å²) >= 11 is 0. The Kier molecular flexibility index (Phi) is 2.54. The Morgan fingerprint density at radius 1 is 1.50 bits per heavy atom. The number of rotatable bonds is 1. The van der Waals surface area contributed by atoms with Crippen molar-refractivity contribution < 1.29 is 14.0 Å². The Bertz CT molecular complexity index is 326. The summed E-state index contributed by atoms with van der Waals surface area (Å²) in [5.41, 5.74) is 0.590. The molecule has 4 nitrogen and oxygen atoms in total. The van der Waals surface area contributed by atoms with Crippen molar-refractivity contribution in [1.29, 1.82) is 0 Å². The zero-order chi connectivity index (χ0) is 9.97. The lowest BCUT2D eigenvalue weighted by atomic mass is 10.2. The number of hydrogen-bond donors (Lipinski definition) is 0. The standard InChI is InChI=1S/C10H13NO3/c1-8-9(4-7-13-8)10(12)11-5-2-3-6-14-11/h4,7H,2-3,5-6H2,1H3. The van der Waals surface area contributed by atoms with Gasteiger partial charge in [-0.15, -0.1) is 0 Å². The molecule has 14 heavy (non-hydrogen) atoms. The van der Waals surface area contributed by atoms with E-state index in [0.717, 1.165) is 12.8 Å². The molecule has 76 valence electrons. The van der Waals surface area contributed by atoms with Crippen molar-refractivity contribution in [2.75, 3.05) is 13.2 Å². The largest absolute Gasteiger partial charge is 0.469 e. The fourth-order valence-corrected chi connectivity index (χ4v) is 1.50. The number of hydroxylamine groups is 2. The summed E-state index contributed by atoms with van der Waals surface area (Å²) in [6.45, 7) is 3.07. The minimum atomic E-state index is -0.101. The Hall–Kier alpha value is -1.29. The molecule has 1 aliphatic rings. The van der Waals surface area contributed by atoms with Crippen LogP contribution in [-0.4, -0.2) is 24.1 Å². The normalized spacial score (nSPS) is 17.1. The number of hydrogen-bond acceptors (Lipinski definition) is 3. The third kappa shape index (κ3) is 1.65. The molecule has 1 fully saturated rings. The average molecular weight is 195 g/mol. The second kappa shape index (κ2) is 3.84. The van der Waals surface area contributed by atoms with E-state index in [0.29, 0.717) is 24.5 Å². The van der Waals surface area contributed by atoms with Crippen molar-refractivity contribution in [3.05, 3.63) is 23.7 Å². The quantitative estimate of drug-likeness (QED) is 0.685. The van der Waals surface area contributed by atoms with Crippen LogP contribution in [0.25, 0.3) is 0 Å². The lowest BCUT2D eigenvalue weighted by molar-refractivity contribution is -0.144. The first-order valence-electron chi connectivity index (χ1n) is 4.78. The van der Waals surface area contributed by atoms with Crippen LogP contribution in [0.1, 0.15) is 29.0 Å². The monoisotopic (exact) mass is 195 g/mol. The van der Waals surface area contributed by atoms with Gasteiger partial charge < -0.3 is 4.42 Å². The highest BCUT2D eigenvalue weighted by Crippen LogP contribution is 2.15. The molecule has 0 aliphatic carbocycles. The third-order valence-electron chi connectivity index (χ3n) is 2.32. The van der Waals surface area contributed by atoms with E-state index in [1.165, 1.54) is 11.3 Å². The summed E-state index contributed by atoms with van der Waals surface area (Å²) in [5, 5.41) is 1.42. The van der Waals surface area contributed by atoms with Crippen LogP contribution in [0.15, 0.2) is 16.7 Å². The van der Waals surface area contributed by atoms with Crippen molar-refractivity contribution >= 4 is 5.91 Å². The van der Waals surface area contributed by atoms with Crippen LogP contribution >= 0.6 is 0 Å². The van der Waals surface area contributed by atoms with Gasteiger partial charge in [-0.05, 0) is 25.8 Å². The Morgan fingerprint density at radius 3 is 2.93 bits per heavy atom. The van der Waals surface area contributed by atoms with Crippen LogP contribution in [0.3, 0.4) is 0 Å². The lowest BCUT2D eigenvalue weighted by Gasteiger charge is -2.25. The minimum absolute atomic E-state index is 0.101. The topological polar surface area (TPSA) is 42.7 Å². The van der Waals surface area contributed by atoms with Gasteiger partial charge in [0.05, 0.1) is 18.4 Å².